The molecule has 0 aliphatic rings. The molecule has 3 aromatic rings. The Balaban J connectivity index is 1.56. The fourth-order valence-corrected chi connectivity index (χ4v) is 2.62. The quantitative estimate of drug-likeness (QED) is 0.450. The molecule has 7 heteroatoms. The van der Waals surface area contributed by atoms with E-state index in [-0.39, 0.29) is 12.5 Å². The van der Waals surface area contributed by atoms with E-state index < -0.39 is 11.7 Å². The summed E-state index contributed by atoms with van der Waals surface area (Å²) >= 11 is 0. The lowest BCUT2D eigenvalue weighted by Crippen LogP contribution is -2.17. The van der Waals surface area contributed by atoms with Crippen LogP contribution >= 0.6 is 0 Å². The standard InChI is InChI=1S/C23H20FN3O3/c1-16(27-30-15-22(28)25-21-12-6-10-19(24)14-21)18-9-5-11-20(13-18)26-23(29)17-7-3-2-4-8-17/h2-14H,15H2,1H3,(H,25,28)(H,26,29)/b27-16+. The lowest BCUT2D eigenvalue weighted by molar-refractivity contribution is -0.120. The first-order valence-corrected chi connectivity index (χ1v) is 9.20. The molecule has 6 nitrogen and oxygen atoms in total. The number of nitrogens with zero attached hydrogens (tertiary/aromatic N) is 1. The molecule has 0 radical (unpaired) electrons. The Hall–Kier alpha value is -4.00. The average Bonchev–Trinajstić information content (AvgIpc) is 2.74. The van der Waals surface area contributed by atoms with E-state index in [0.29, 0.717) is 22.6 Å². The van der Waals surface area contributed by atoms with Crippen molar-refractivity contribution in [1.82, 2.24) is 0 Å². The fourth-order valence-electron chi connectivity index (χ4n) is 2.62. The number of hydrogen-bond acceptors (Lipinski definition) is 4. The molecule has 0 heterocycles. The summed E-state index contributed by atoms with van der Waals surface area (Å²) in [6, 6.07) is 21.6. The molecule has 0 unspecified atom stereocenters. The van der Waals surface area contributed by atoms with Gasteiger partial charge >= 0.3 is 0 Å². The zero-order valence-corrected chi connectivity index (χ0v) is 16.3. The lowest BCUT2D eigenvalue weighted by Gasteiger charge is -2.08. The number of rotatable bonds is 7. The summed E-state index contributed by atoms with van der Waals surface area (Å²) < 4.78 is 13.1. The molecule has 0 aliphatic carbocycles. The number of benzene rings is 3. The molecule has 0 aliphatic heterocycles. The molecular weight excluding hydrogens is 385 g/mol. The first-order chi connectivity index (χ1) is 14.5. The second-order valence-electron chi connectivity index (χ2n) is 6.41. The van der Waals surface area contributed by atoms with E-state index in [0.717, 1.165) is 5.56 Å². The van der Waals surface area contributed by atoms with Crippen LogP contribution in [0.15, 0.2) is 84.0 Å². The maximum absolute atomic E-state index is 13.1. The van der Waals surface area contributed by atoms with Gasteiger partial charge in [0.25, 0.3) is 11.8 Å². The molecular formula is C23H20FN3O3. The van der Waals surface area contributed by atoms with Gasteiger partial charge in [0.05, 0.1) is 5.71 Å². The lowest BCUT2D eigenvalue weighted by atomic mass is 10.1. The van der Waals surface area contributed by atoms with Gasteiger partial charge in [0.15, 0.2) is 6.61 Å². The number of anilines is 2. The normalized spacial score (nSPS) is 10.9. The maximum atomic E-state index is 13.1. The molecule has 3 aromatic carbocycles. The molecule has 152 valence electrons. The van der Waals surface area contributed by atoms with Crippen molar-refractivity contribution >= 4 is 28.9 Å². The van der Waals surface area contributed by atoms with Gasteiger partial charge in [0.1, 0.15) is 5.82 Å². The Morgan fingerprint density at radius 1 is 0.867 bits per heavy atom. The highest BCUT2D eigenvalue weighted by molar-refractivity contribution is 6.05. The molecule has 2 N–H and O–H groups in total. The Morgan fingerprint density at radius 2 is 1.53 bits per heavy atom. The van der Waals surface area contributed by atoms with E-state index >= 15 is 0 Å². The summed E-state index contributed by atoms with van der Waals surface area (Å²) in [7, 11) is 0. The van der Waals surface area contributed by atoms with Gasteiger partial charge in [-0.05, 0) is 49.4 Å². The molecule has 0 fully saturated rings. The SMILES string of the molecule is C/C(=N\OCC(=O)Nc1cccc(F)c1)c1cccc(NC(=O)c2ccccc2)c1. The predicted molar refractivity (Wildman–Crippen MR) is 114 cm³/mol. The van der Waals surface area contributed by atoms with Crippen molar-refractivity contribution in [3.05, 3.63) is 95.8 Å². The van der Waals surface area contributed by atoms with Crippen LogP contribution in [0.2, 0.25) is 0 Å². The summed E-state index contributed by atoms with van der Waals surface area (Å²) in [6.45, 7) is 1.40. The Kier molecular flexibility index (Phi) is 6.89. The van der Waals surface area contributed by atoms with Crippen molar-refractivity contribution in [3.63, 3.8) is 0 Å². The van der Waals surface area contributed by atoms with Crippen LogP contribution in [-0.2, 0) is 9.63 Å². The van der Waals surface area contributed by atoms with E-state index in [9.17, 15) is 14.0 Å². The van der Waals surface area contributed by atoms with E-state index in [1.807, 2.05) is 12.1 Å². The third kappa shape index (κ3) is 6.00. The van der Waals surface area contributed by atoms with Gasteiger partial charge in [0.2, 0.25) is 0 Å². The van der Waals surface area contributed by atoms with Crippen LogP contribution in [0.4, 0.5) is 15.8 Å². The summed E-state index contributed by atoms with van der Waals surface area (Å²) in [5.41, 5.74) is 2.77. The zero-order chi connectivity index (χ0) is 21.3. The number of carbonyl (C=O) groups excluding carboxylic acids is 2. The zero-order valence-electron chi connectivity index (χ0n) is 16.3. The molecule has 0 atom stereocenters. The van der Waals surface area contributed by atoms with Crippen molar-refractivity contribution in [3.8, 4) is 0 Å². The average molecular weight is 405 g/mol. The topological polar surface area (TPSA) is 79.8 Å². The second-order valence-corrected chi connectivity index (χ2v) is 6.41. The van der Waals surface area contributed by atoms with Crippen molar-refractivity contribution in [2.45, 2.75) is 6.92 Å². The summed E-state index contributed by atoms with van der Waals surface area (Å²) in [6.07, 6.45) is 0. The maximum Gasteiger partial charge on any atom is 0.265 e. The number of carbonyl (C=O) groups is 2. The minimum atomic E-state index is -0.457. The number of oxime groups is 1. The van der Waals surface area contributed by atoms with E-state index in [4.69, 9.17) is 4.84 Å². The highest BCUT2D eigenvalue weighted by atomic mass is 19.1. The van der Waals surface area contributed by atoms with Gasteiger partial charge < -0.3 is 15.5 Å². The number of halogens is 1. The van der Waals surface area contributed by atoms with Gasteiger partial charge in [-0.15, -0.1) is 0 Å². The summed E-state index contributed by atoms with van der Waals surface area (Å²) in [4.78, 5) is 29.3. The molecule has 30 heavy (non-hydrogen) atoms. The molecule has 0 saturated carbocycles. The number of hydrogen-bond donors (Lipinski definition) is 2. The highest BCUT2D eigenvalue weighted by Crippen LogP contribution is 2.14. The van der Waals surface area contributed by atoms with Crippen LogP contribution in [0.3, 0.4) is 0 Å². The predicted octanol–water partition coefficient (Wildman–Crippen LogP) is 4.46. The summed E-state index contributed by atoms with van der Waals surface area (Å²) in [5, 5.41) is 9.29. The monoisotopic (exact) mass is 405 g/mol. The smallest absolute Gasteiger partial charge is 0.265 e. The van der Waals surface area contributed by atoms with E-state index in [1.165, 1.54) is 18.2 Å². The Labute approximate surface area is 173 Å². The minimum Gasteiger partial charge on any atom is -0.385 e. The third-order valence-electron chi connectivity index (χ3n) is 4.08. The summed E-state index contributed by atoms with van der Waals surface area (Å²) in [5.74, 6) is -1.12. The Bertz CT molecular complexity index is 1070. The van der Waals surface area contributed by atoms with Crippen molar-refractivity contribution < 1.29 is 18.8 Å². The first-order valence-electron chi connectivity index (χ1n) is 9.20. The van der Waals surface area contributed by atoms with E-state index in [2.05, 4.69) is 15.8 Å². The van der Waals surface area contributed by atoms with E-state index in [1.54, 1.807) is 55.5 Å². The van der Waals surface area contributed by atoms with Gasteiger partial charge in [-0.1, -0.05) is 41.6 Å². The van der Waals surface area contributed by atoms with Crippen LogP contribution in [0, 0.1) is 5.82 Å². The van der Waals surface area contributed by atoms with Gasteiger partial charge in [-0.2, -0.15) is 0 Å². The van der Waals surface area contributed by atoms with Crippen molar-refractivity contribution in [2.75, 3.05) is 17.2 Å². The molecule has 0 spiro atoms. The number of amides is 2. The Morgan fingerprint density at radius 3 is 2.27 bits per heavy atom. The fraction of sp³-hybridized carbons (Fsp3) is 0.0870. The molecule has 2 amide bonds. The van der Waals surface area contributed by atoms with Crippen molar-refractivity contribution in [2.24, 2.45) is 5.16 Å². The second kappa shape index (κ2) is 9.97. The number of nitrogens with one attached hydrogen (secondary N) is 2. The third-order valence-corrected chi connectivity index (χ3v) is 4.08. The molecule has 0 bridgehead atoms. The van der Waals surface area contributed by atoms with Crippen molar-refractivity contribution in [1.29, 1.82) is 0 Å². The highest BCUT2D eigenvalue weighted by Gasteiger charge is 2.07. The largest absolute Gasteiger partial charge is 0.385 e. The molecule has 0 aromatic heterocycles. The van der Waals surface area contributed by atoms with Crippen LogP contribution in [-0.4, -0.2) is 24.1 Å². The van der Waals surface area contributed by atoms with Gasteiger partial charge in [0, 0.05) is 22.5 Å². The van der Waals surface area contributed by atoms with Crippen LogP contribution in [0.5, 0.6) is 0 Å². The molecule has 3 rings (SSSR count). The van der Waals surface area contributed by atoms with Crippen LogP contribution in [0.25, 0.3) is 0 Å². The van der Waals surface area contributed by atoms with Gasteiger partial charge in [-0.25, -0.2) is 4.39 Å². The van der Waals surface area contributed by atoms with Crippen LogP contribution in [0.1, 0.15) is 22.8 Å². The minimum absolute atomic E-state index is 0.215. The van der Waals surface area contributed by atoms with Crippen LogP contribution < -0.4 is 10.6 Å². The first kappa shape index (κ1) is 20.7. The van der Waals surface area contributed by atoms with Gasteiger partial charge in [-0.3, -0.25) is 9.59 Å². The molecule has 0 saturated heterocycles.